The maximum atomic E-state index is 11.6. The third kappa shape index (κ3) is 1.21. The van der Waals surface area contributed by atoms with E-state index in [2.05, 4.69) is 0 Å². The zero-order valence-corrected chi connectivity index (χ0v) is 7.40. The van der Waals surface area contributed by atoms with E-state index in [4.69, 9.17) is 0 Å². The van der Waals surface area contributed by atoms with Crippen molar-refractivity contribution in [3.8, 4) is 0 Å². The average Bonchev–Trinajstić information content (AvgIpc) is 2.15. The van der Waals surface area contributed by atoms with Gasteiger partial charge in [0.05, 0.1) is 12.6 Å². The molecule has 1 aliphatic heterocycles. The summed E-state index contributed by atoms with van der Waals surface area (Å²) < 4.78 is 0. The summed E-state index contributed by atoms with van der Waals surface area (Å²) in [6.45, 7) is 0.385. The molecule has 0 bridgehead atoms. The van der Waals surface area contributed by atoms with Crippen LogP contribution in [0.15, 0.2) is 24.3 Å². The second kappa shape index (κ2) is 2.85. The third-order valence-electron chi connectivity index (χ3n) is 2.34. The fourth-order valence-electron chi connectivity index (χ4n) is 1.63. The number of β-amino-alcohol motifs (C(OH)–C–C–N with tert-alkyl or cyclic N) is 1. The first-order valence-electron chi connectivity index (χ1n) is 4.22. The maximum Gasteiger partial charge on any atom is 0.254 e. The number of carbonyl (C=O) groups is 1. The molecule has 0 spiro atoms. The quantitative estimate of drug-likeness (QED) is 0.637. The highest BCUT2D eigenvalue weighted by Crippen LogP contribution is 2.24. The van der Waals surface area contributed by atoms with Crippen molar-refractivity contribution in [3.63, 3.8) is 0 Å². The van der Waals surface area contributed by atoms with Gasteiger partial charge in [0.15, 0.2) is 0 Å². The van der Waals surface area contributed by atoms with Gasteiger partial charge in [0.25, 0.3) is 5.91 Å². The summed E-state index contributed by atoms with van der Waals surface area (Å²) in [5, 5.41) is 9.66. The average molecular weight is 177 g/mol. The Kier molecular flexibility index (Phi) is 1.81. The van der Waals surface area contributed by atoms with Gasteiger partial charge in [-0.15, -0.1) is 0 Å². The van der Waals surface area contributed by atoms with Crippen molar-refractivity contribution in [2.75, 3.05) is 13.6 Å². The summed E-state index contributed by atoms with van der Waals surface area (Å²) >= 11 is 0. The third-order valence-corrected chi connectivity index (χ3v) is 2.34. The van der Waals surface area contributed by atoms with Gasteiger partial charge >= 0.3 is 0 Å². The van der Waals surface area contributed by atoms with E-state index in [0.717, 1.165) is 5.56 Å². The largest absolute Gasteiger partial charge is 0.387 e. The summed E-state index contributed by atoms with van der Waals surface area (Å²) in [5.41, 5.74) is 1.36. The second-order valence-corrected chi connectivity index (χ2v) is 3.29. The van der Waals surface area contributed by atoms with Crippen LogP contribution >= 0.6 is 0 Å². The first-order chi connectivity index (χ1) is 6.20. The number of aliphatic hydroxyl groups excluding tert-OH is 1. The van der Waals surface area contributed by atoms with Crippen LogP contribution in [0, 0.1) is 0 Å². The molecule has 1 heterocycles. The molecule has 1 aliphatic rings. The number of rotatable bonds is 0. The molecule has 1 aromatic carbocycles. The molecule has 1 aromatic rings. The van der Waals surface area contributed by atoms with Gasteiger partial charge in [0.2, 0.25) is 0 Å². The van der Waals surface area contributed by atoms with Crippen molar-refractivity contribution < 1.29 is 9.90 Å². The van der Waals surface area contributed by atoms with Crippen molar-refractivity contribution >= 4 is 5.91 Å². The lowest BCUT2D eigenvalue weighted by Gasteiger charge is -2.28. The molecule has 0 saturated heterocycles. The van der Waals surface area contributed by atoms with Gasteiger partial charge in [-0.05, 0) is 11.6 Å². The Labute approximate surface area is 76.6 Å². The summed E-state index contributed by atoms with van der Waals surface area (Å²) in [4.78, 5) is 13.1. The lowest BCUT2D eigenvalue weighted by atomic mass is 9.97. The van der Waals surface area contributed by atoms with Gasteiger partial charge in [-0.1, -0.05) is 18.2 Å². The predicted octanol–water partition coefficient (Wildman–Crippen LogP) is 0.806. The fourth-order valence-corrected chi connectivity index (χ4v) is 1.63. The zero-order chi connectivity index (χ0) is 9.42. The molecule has 0 saturated carbocycles. The van der Waals surface area contributed by atoms with E-state index < -0.39 is 6.10 Å². The van der Waals surface area contributed by atoms with E-state index in [0.29, 0.717) is 12.1 Å². The number of benzene rings is 1. The Hall–Kier alpha value is -1.35. The number of aliphatic hydroxyl groups is 1. The van der Waals surface area contributed by atoms with Gasteiger partial charge in [-0.3, -0.25) is 4.79 Å². The molecule has 1 atom stereocenters. The Balaban J connectivity index is 2.54. The molecule has 3 heteroatoms. The standard InChI is InChI=1S/C10H11NO2/c1-11-6-9(12)7-4-2-3-5-8(7)10(11)13/h2-5,9,12H,6H2,1H3/t9-/m1/s1. The Morgan fingerprint density at radius 3 is 2.92 bits per heavy atom. The summed E-state index contributed by atoms with van der Waals surface area (Å²) in [6, 6.07) is 7.19. The fraction of sp³-hybridized carbons (Fsp3) is 0.300. The van der Waals surface area contributed by atoms with Crippen LogP contribution < -0.4 is 0 Å². The highest BCUT2D eigenvalue weighted by atomic mass is 16.3. The molecule has 0 aliphatic carbocycles. The van der Waals surface area contributed by atoms with Crippen LogP contribution in [0.2, 0.25) is 0 Å². The first kappa shape index (κ1) is 8.26. The number of hydrogen-bond acceptors (Lipinski definition) is 2. The minimum Gasteiger partial charge on any atom is -0.387 e. The van der Waals surface area contributed by atoms with Crippen LogP contribution in [-0.4, -0.2) is 29.5 Å². The van der Waals surface area contributed by atoms with Crippen molar-refractivity contribution in [2.45, 2.75) is 6.10 Å². The van der Waals surface area contributed by atoms with Crippen molar-refractivity contribution in [3.05, 3.63) is 35.4 Å². The minimum absolute atomic E-state index is 0.0131. The molecule has 13 heavy (non-hydrogen) atoms. The normalized spacial score (nSPS) is 21.5. The van der Waals surface area contributed by atoms with Crippen LogP contribution in [0.1, 0.15) is 22.0 Å². The van der Waals surface area contributed by atoms with Crippen molar-refractivity contribution in [1.29, 1.82) is 0 Å². The van der Waals surface area contributed by atoms with Crippen LogP contribution in [0.3, 0.4) is 0 Å². The molecule has 1 amide bonds. The molecule has 3 nitrogen and oxygen atoms in total. The number of likely N-dealkylation sites (N-methyl/N-ethyl adjacent to an activating group) is 1. The van der Waals surface area contributed by atoms with E-state index >= 15 is 0 Å². The number of fused-ring (bicyclic) bond motifs is 1. The lowest BCUT2D eigenvalue weighted by molar-refractivity contribution is 0.0615. The van der Waals surface area contributed by atoms with E-state index in [1.54, 1.807) is 19.2 Å². The maximum absolute atomic E-state index is 11.6. The van der Waals surface area contributed by atoms with Crippen LogP contribution in [-0.2, 0) is 0 Å². The highest BCUT2D eigenvalue weighted by Gasteiger charge is 2.26. The Morgan fingerprint density at radius 1 is 1.46 bits per heavy atom. The topological polar surface area (TPSA) is 40.5 Å². The van der Waals surface area contributed by atoms with E-state index in [9.17, 15) is 9.90 Å². The highest BCUT2D eigenvalue weighted by molar-refractivity contribution is 5.96. The number of hydrogen-bond donors (Lipinski definition) is 1. The second-order valence-electron chi connectivity index (χ2n) is 3.29. The van der Waals surface area contributed by atoms with Gasteiger partial charge < -0.3 is 10.0 Å². The number of nitrogens with zero attached hydrogens (tertiary/aromatic N) is 1. The monoisotopic (exact) mass is 177 g/mol. The molecule has 1 N–H and O–H groups in total. The summed E-state index contributed by atoms with van der Waals surface area (Å²) in [6.07, 6.45) is -0.543. The van der Waals surface area contributed by atoms with Gasteiger partial charge in [-0.2, -0.15) is 0 Å². The van der Waals surface area contributed by atoms with Gasteiger partial charge in [0, 0.05) is 12.6 Å². The van der Waals surface area contributed by atoms with Crippen LogP contribution in [0.4, 0.5) is 0 Å². The summed E-state index contributed by atoms with van der Waals surface area (Å²) in [7, 11) is 1.70. The van der Waals surface area contributed by atoms with E-state index in [1.165, 1.54) is 4.90 Å². The Bertz CT molecular complexity index is 349. The zero-order valence-electron chi connectivity index (χ0n) is 7.40. The van der Waals surface area contributed by atoms with Crippen LogP contribution in [0.25, 0.3) is 0 Å². The summed E-state index contributed by atoms with van der Waals surface area (Å²) in [5.74, 6) is -0.0131. The van der Waals surface area contributed by atoms with Crippen LogP contribution in [0.5, 0.6) is 0 Å². The SMILES string of the molecule is CN1C[C@@H](O)c2ccccc2C1=O. The van der Waals surface area contributed by atoms with E-state index in [1.807, 2.05) is 12.1 Å². The molecule has 0 aromatic heterocycles. The van der Waals surface area contributed by atoms with Crippen molar-refractivity contribution in [1.82, 2.24) is 4.90 Å². The Morgan fingerprint density at radius 2 is 2.15 bits per heavy atom. The lowest BCUT2D eigenvalue weighted by Crippen LogP contribution is -2.36. The van der Waals surface area contributed by atoms with E-state index in [-0.39, 0.29) is 5.91 Å². The predicted molar refractivity (Wildman–Crippen MR) is 48.4 cm³/mol. The first-order valence-corrected chi connectivity index (χ1v) is 4.22. The number of carbonyl (C=O) groups excluding carboxylic acids is 1. The molecular weight excluding hydrogens is 166 g/mol. The van der Waals surface area contributed by atoms with Crippen molar-refractivity contribution in [2.24, 2.45) is 0 Å². The number of amides is 1. The smallest absolute Gasteiger partial charge is 0.254 e. The minimum atomic E-state index is -0.543. The van der Waals surface area contributed by atoms with Gasteiger partial charge in [-0.25, -0.2) is 0 Å². The molecule has 0 fully saturated rings. The molecule has 2 rings (SSSR count). The molecule has 68 valence electrons. The molecular formula is C10H11NO2. The molecule has 0 unspecified atom stereocenters. The molecule has 0 radical (unpaired) electrons. The van der Waals surface area contributed by atoms with Gasteiger partial charge in [0.1, 0.15) is 0 Å².